The van der Waals surface area contributed by atoms with Crippen LogP contribution < -0.4 is 16.0 Å². The maximum Gasteiger partial charge on any atom is 0.257 e. The summed E-state index contributed by atoms with van der Waals surface area (Å²) in [6.07, 6.45) is 0. The van der Waals surface area contributed by atoms with Gasteiger partial charge in [-0.1, -0.05) is 17.7 Å². The van der Waals surface area contributed by atoms with Gasteiger partial charge >= 0.3 is 0 Å². The number of nitrogens with one attached hydrogen (secondary N) is 2. The van der Waals surface area contributed by atoms with Gasteiger partial charge in [0.2, 0.25) is 0 Å². The Bertz CT molecular complexity index is 475. The van der Waals surface area contributed by atoms with Gasteiger partial charge in [0.25, 0.3) is 10.0 Å². The molecule has 0 spiro atoms. The van der Waals surface area contributed by atoms with Gasteiger partial charge in [0.15, 0.2) is 5.11 Å². The van der Waals surface area contributed by atoms with Crippen molar-refractivity contribution in [3.05, 3.63) is 29.3 Å². The third-order valence-corrected chi connectivity index (χ3v) is 3.00. The van der Waals surface area contributed by atoms with Gasteiger partial charge in [0, 0.05) is 5.02 Å². The van der Waals surface area contributed by atoms with E-state index in [-0.39, 0.29) is 10.0 Å². The minimum Gasteiger partial charge on any atom is -0.375 e. The van der Waals surface area contributed by atoms with Crippen LogP contribution in [0.5, 0.6) is 0 Å². The fourth-order valence-corrected chi connectivity index (χ4v) is 2.08. The Kier molecular flexibility index (Phi) is 3.86. The molecule has 0 unspecified atom stereocenters. The molecule has 0 fully saturated rings. The Balaban J connectivity index is 2.91. The molecule has 15 heavy (non-hydrogen) atoms. The molecule has 0 saturated heterocycles. The summed E-state index contributed by atoms with van der Waals surface area (Å²) in [7, 11) is -3.69. The molecule has 1 aromatic carbocycles. The number of rotatable bonds is 3. The third kappa shape index (κ3) is 3.63. The van der Waals surface area contributed by atoms with E-state index in [1.807, 2.05) is 4.83 Å². The average Bonchev–Trinajstić information content (AvgIpc) is 2.15. The monoisotopic (exact) mass is 265 g/mol. The van der Waals surface area contributed by atoms with Crippen molar-refractivity contribution in [1.29, 1.82) is 0 Å². The van der Waals surface area contributed by atoms with Crippen LogP contribution in [0.4, 0.5) is 0 Å². The molecule has 0 amide bonds. The van der Waals surface area contributed by atoms with Gasteiger partial charge < -0.3 is 5.73 Å². The second kappa shape index (κ2) is 4.75. The molecule has 0 saturated carbocycles. The van der Waals surface area contributed by atoms with Crippen LogP contribution >= 0.6 is 23.8 Å². The van der Waals surface area contributed by atoms with Crippen molar-refractivity contribution in [2.75, 3.05) is 0 Å². The van der Waals surface area contributed by atoms with Crippen LogP contribution in [0.2, 0.25) is 5.02 Å². The van der Waals surface area contributed by atoms with Crippen molar-refractivity contribution in [3.63, 3.8) is 0 Å². The second-order valence-corrected chi connectivity index (χ2v) is 5.11. The van der Waals surface area contributed by atoms with Gasteiger partial charge in [-0.2, -0.15) is 0 Å². The van der Waals surface area contributed by atoms with E-state index >= 15 is 0 Å². The lowest BCUT2D eigenvalue weighted by molar-refractivity contribution is 0.577. The molecular weight excluding hydrogens is 258 g/mol. The average molecular weight is 266 g/mol. The first-order valence-electron chi connectivity index (χ1n) is 3.74. The summed E-state index contributed by atoms with van der Waals surface area (Å²) in [5.41, 5.74) is 7.21. The van der Waals surface area contributed by atoms with Crippen molar-refractivity contribution in [2.24, 2.45) is 5.73 Å². The van der Waals surface area contributed by atoms with Gasteiger partial charge in [-0.25, -0.2) is 8.42 Å². The zero-order valence-electron chi connectivity index (χ0n) is 7.40. The smallest absolute Gasteiger partial charge is 0.257 e. The lowest BCUT2D eigenvalue weighted by atomic mass is 10.4. The summed E-state index contributed by atoms with van der Waals surface area (Å²) in [5.74, 6) is 0. The molecule has 0 heterocycles. The van der Waals surface area contributed by atoms with E-state index in [1.54, 1.807) is 6.07 Å². The minimum absolute atomic E-state index is 0.0266. The molecule has 82 valence electrons. The zero-order chi connectivity index (χ0) is 11.5. The SMILES string of the molecule is NC(=S)NNS(=O)(=O)c1cccc(Cl)c1. The Morgan fingerprint density at radius 1 is 1.47 bits per heavy atom. The molecule has 0 aliphatic rings. The van der Waals surface area contributed by atoms with E-state index in [2.05, 4.69) is 17.6 Å². The lowest BCUT2D eigenvalue weighted by Gasteiger charge is -2.07. The van der Waals surface area contributed by atoms with E-state index in [0.717, 1.165) is 0 Å². The quantitative estimate of drug-likeness (QED) is 0.543. The maximum absolute atomic E-state index is 11.5. The summed E-state index contributed by atoms with van der Waals surface area (Å²) >= 11 is 10.1. The summed E-state index contributed by atoms with van der Waals surface area (Å²) in [6.45, 7) is 0. The minimum atomic E-state index is -3.69. The van der Waals surface area contributed by atoms with Crippen LogP contribution in [-0.2, 0) is 10.0 Å². The van der Waals surface area contributed by atoms with Crippen LogP contribution in [0.1, 0.15) is 0 Å². The molecule has 4 N–H and O–H groups in total. The summed E-state index contributed by atoms with van der Waals surface area (Å²) < 4.78 is 23.1. The fraction of sp³-hybridized carbons (Fsp3) is 0. The second-order valence-electron chi connectivity index (χ2n) is 2.55. The highest BCUT2D eigenvalue weighted by atomic mass is 35.5. The molecule has 0 bridgehead atoms. The zero-order valence-corrected chi connectivity index (χ0v) is 9.79. The van der Waals surface area contributed by atoms with Crippen LogP contribution in [0, 0.1) is 0 Å². The number of hydrogen-bond acceptors (Lipinski definition) is 3. The largest absolute Gasteiger partial charge is 0.375 e. The Hall–Kier alpha value is -0.890. The van der Waals surface area contributed by atoms with Crippen molar-refractivity contribution in [2.45, 2.75) is 4.90 Å². The van der Waals surface area contributed by atoms with Crippen molar-refractivity contribution in [1.82, 2.24) is 10.3 Å². The van der Waals surface area contributed by atoms with Gasteiger partial charge in [0.1, 0.15) is 0 Å². The first kappa shape index (κ1) is 12.2. The van der Waals surface area contributed by atoms with E-state index in [1.165, 1.54) is 18.2 Å². The number of nitrogens with two attached hydrogens (primary N) is 1. The molecule has 8 heteroatoms. The van der Waals surface area contributed by atoms with Crippen LogP contribution in [0.25, 0.3) is 0 Å². The van der Waals surface area contributed by atoms with Crippen LogP contribution in [-0.4, -0.2) is 13.5 Å². The number of sulfonamides is 1. The standard InChI is InChI=1S/C7H8ClN3O2S2/c8-5-2-1-3-6(4-5)15(12,13)11-10-7(9)14/h1-4,11H,(H3,9,10,14). The molecular formula is C7H8ClN3O2S2. The molecule has 1 aromatic rings. The predicted octanol–water partition coefficient (Wildman–Crippen LogP) is 0.367. The molecule has 0 radical (unpaired) electrons. The molecule has 1 rings (SSSR count). The van der Waals surface area contributed by atoms with Crippen molar-refractivity contribution in [3.8, 4) is 0 Å². The topological polar surface area (TPSA) is 84.2 Å². The van der Waals surface area contributed by atoms with E-state index < -0.39 is 10.0 Å². The lowest BCUT2D eigenvalue weighted by Crippen LogP contribution is -2.44. The first-order chi connectivity index (χ1) is 6.92. The van der Waals surface area contributed by atoms with Gasteiger partial charge in [-0.05, 0) is 30.4 Å². The number of benzene rings is 1. The molecule has 5 nitrogen and oxygen atoms in total. The van der Waals surface area contributed by atoms with Crippen molar-refractivity contribution >= 4 is 39.0 Å². The summed E-state index contributed by atoms with van der Waals surface area (Å²) in [6, 6.07) is 5.81. The Morgan fingerprint density at radius 3 is 2.67 bits per heavy atom. The molecule has 0 aliphatic heterocycles. The highest BCUT2D eigenvalue weighted by Gasteiger charge is 2.13. The predicted molar refractivity (Wildman–Crippen MR) is 61.7 cm³/mol. The van der Waals surface area contributed by atoms with E-state index in [9.17, 15) is 8.42 Å². The van der Waals surface area contributed by atoms with E-state index in [4.69, 9.17) is 17.3 Å². The van der Waals surface area contributed by atoms with Crippen molar-refractivity contribution < 1.29 is 8.42 Å². The highest BCUT2D eigenvalue weighted by Crippen LogP contribution is 2.14. The maximum atomic E-state index is 11.5. The summed E-state index contributed by atoms with van der Waals surface area (Å²) in [5, 5.41) is 0.161. The van der Waals surface area contributed by atoms with Crippen LogP contribution in [0.3, 0.4) is 0 Å². The van der Waals surface area contributed by atoms with Crippen LogP contribution in [0.15, 0.2) is 29.2 Å². The molecule has 0 aliphatic carbocycles. The highest BCUT2D eigenvalue weighted by molar-refractivity contribution is 7.89. The summed E-state index contributed by atoms with van der Waals surface area (Å²) in [4.78, 5) is 2.03. The number of hydrazine groups is 1. The van der Waals surface area contributed by atoms with Gasteiger partial charge in [0.05, 0.1) is 4.90 Å². The van der Waals surface area contributed by atoms with Gasteiger partial charge in [-0.3, -0.25) is 5.43 Å². The normalized spacial score (nSPS) is 11.0. The third-order valence-electron chi connectivity index (χ3n) is 1.41. The van der Waals surface area contributed by atoms with E-state index in [0.29, 0.717) is 5.02 Å². The van der Waals surface area contributed by atoms with Gasteiger partial charge in [-0.15, -0.1) is 4.83 Å². The molecule has 0 atom stereocenters. The Morgan fingerprint density at radius 2 is 2.13 bits per heavy atom. The number of hydrogen-bond donors (Lipinski definition) is 3. The number of halogens is 1. The molecule has 0 aromatic heterocycles. The first-order valence-corrected chi connectivity index (χ1v) is 6.01. The number of thiocarbonyl (C=S) groups is 1. The fourth-order valence-electron chi connectivity index (χ4n) is 0.811. The Labute approximate surface area is 97.6 Å².